The fraction of sp³-hybridized carbons (Fsp3) is 0.455. The van der Waals surface area contributed by atoms with Gasteiger partial charge < -0.3 is 19.9 Å². The molecule has 0 bridgehead atoms. The molecule has 6 heteroatoms. The van der Waals surface area contributed by atoms with E-state index in [1.807, 2.05) is 57.2 Å². The number of carbonyl (C=O) groups is 2. The van der Waals surface area contributed by atoms with Gasteiger partial charge in [0, 0.05) is 18.4 Å². The molecule has 0 saturated heterocycles. The first-order chi connectivity index (χ1) is 13.2. The van der Waals surface area contributed by atoms with Gasteiger partial charge in [-0.05, 0) is 35.4 Å². The molecule has 1 aliphatic carbocycles. The van der Waals surface area contributed by atoms with Gasteiger partial charge >= 0.3 is 5.97 Å². The molecule has 2 aromatic rings. The van der Waals surface area contributed by atoms with E-state index in [4.69, 9.17) is 9.47 Å². The first-order valence-electron chi connectivity index (χ1n) is 9.47. The summed E-state index contributed by atoms with van der Waals surface area (Å²) in [5, 5.41) is 14.6. The number of benzene rings is 2. The SMILES string of the molecule is CCOC1CC(NC(=O)Cc2cccc3ccc(OC)cc23)(C(=O)O)C1(C)C. The van der Waals surface area contributed by atoms with E-state index in [0.717, 1.165) is 16.3 Å². The van der Waals surface area contributed by atoms with E-state index in [1.54, 1.807) is 7.11 Å². The van der Waals surface area contributed by atoms with Crippen molar-refractivity contribution in [1.29, 1.82) is 0 Å². The zero-order valence-electron chi connectivity index (χ0n) is 16.7. The maximum atomic E-state index is 12.8. The summed E-state index contributed by atoms with van der Waals surface area (Å²) in [5.74, 6) is -0.635. The third-order valence-electron chi connectivity index (χ3n) is 6.01. The number of amides is 1. The summed E-state index contributed by atoms with van der Waals surface area (Å²) < 4.78 is 10.9. The molecule has 0 aliphatic heterocycles. The summed E-state index contributed by atoms with van der Waals surface area (Å²) in [6.45, 7) is 6.04. The molecule has 0 aromatic heterocycles. The van der Waals surface area contributed by atoms with Crippen LogP contribution in [0.1, 0.15) is 32.8 Å². The van der Waals surface area contributed by atoms with Gasteiger partial charge in [-0.15, -0.1) is 0 Å². The Morgan fingerprint density at radius 1 is 1.25 bits per heavy atom. The fourth-order valence-corrected chi connectivity index (χ4v) is 4.09. The number of methoxy groups -OCH3 is 1. The van der Waals surface area contributed by atoms with E-state index in [1.165, 1.54) is 0 Å². The number of aliphatic carboxylic acids is 1. The lowest BCUT2D eigenvalue weighted by atomic mass is 9.54. The Hall–Kier alpha value is -2.60. The zero-order valence-corrected chi connectivity index (χ0v) is 16.7. The molecule has 1 amide bonds. The molecule has 28 heavy (non-hydrogen) atoms. The number of rotatable bonds is 7. The standard InChI is InChI=1S/C22H27NO5/c1-5-28-18-13-22(20(25)26,21(18,2)3)23-19(24)11-15-8-6-7-14-9-10-16(27-4)12-17(14)15/h6-10,12,18H,5,11,13H2,1-4H3,(H,23,24)(H,25,26). The number of hydrogen-bond donors (Lipinski definition) is 2. The number of carboxylic acid groups (broad SMARTS) is 1. The topological polar surface area (TPSA) is 84.9 Å². The maximum Gasteiger partial charge on any atom is 0.330 e. The van der Waals surface area contributed by atoms with Crippen molar-refractivity contribution in [2.24, 2.45) is 5.41 Å². The van der Waals surface area contributed by atoms with Crippen molar-refractivity contribution in [3.8, 4) is 5.75 Å². The summed E-state index contributed by atoms with van der Waals surface area (Å²) in [6, 6.07) is 11.4. The Morgan fingerprint density at radius 3 is 2.61 bits per heavy atom. The molecule has 0 heterocycles. The highest BCUT2D eigenvalue weighted by molar-refractivity contribution is 5.94. The van der Waals surface area contributed by atoms with Crippen molar-refractivity contribution in [2.75, 3.05) is 13.7 Å². The van der Waals surface area contributed by atoms with Crippen LogP contribution >= 0.6 is 0 Å². The van der Waals surface area contributed by atoms with Gasteiger partial charge in [-0.1, -0.05) is 38.1 Å². The highest BCUT2D eigenvalue weighted by atomic mass is 16.5. The highest BCUT2D eigenvalue weighted by Crippen LogP contribution is 2.51. The predicted molar refractivity (Wildman–Crippen MR) is 107 cm³/mol. The van der Waals surface area contributed by atoms with Gasteiger partial charge in [-0.3, -0.25) is 4.79 Å². The Bertz CT molecular complexity index is 907. The Balaban J connectivity index is 1.84. The molecule has 2 aromatic carbocycles. The van der Waals surface area contributed by atoms with Crippen molar-refractivity contribution in [3.63, 3.8) is 0 Å². The molecule has 0 radical (unpaired) electrons. The van der Waals surface area contributed by atoms with Crippen LogP contribution < -0.4 is 10.1 Å². The average molecular weight is 385 g/mol. The molecule has 1 fully saturated rings. The minimum Gasteiger partial charge on any atom is -0.497 e. The minimum absolute atomic E-state index is 0.0922. The second-order valence-electron chi connectivity index (χ2n) is 7.81. The highest BCUT2D eigenvalue weighted by Gasteiger charge is 2.66. The summed E-state index contributed by atoms with van der Waals surface area (Å²) in [7, 11) is 1.60. The summed E-state index contributed by atoms with van der Waals surface area (Å²) in [5.41, 5.74) is -1.20. The van der Waals surface area contributed by atoms with E-state index in [9.17, 15) is 14.7 Å². The van der Waals surface area contributed by atoms with Crippen LogP contribution in [0.15, 0.2) is 36.4 Å². The lowest BCUT2D eigenvalue weighted by Crippen LogP contribution is -2.76. The summed E-state index contributed by atoms with van der Waals surface area (Å²) in [4.78, 5) is 24.9. The number of nitrogens with one attached hydrogen (secondary N) is 1. The van der Waals surface area contributed by atoms with Crippen molar-refractivity contribution in [3.05, 3.63) is 42.0 Å². The van der Waals surface area contributed by atoms with E-state index >= 15 is 0 Å². The molecule has 2 unspecified atom stereocenters. The van der Waals surface area contributed by atoms with Crippen LogP contribution in [0.3, 0.4) is 0 Å². The summed E-state index contributed by atoms with van der Waals surface area (Å²) in [6.07, 6.45) is 0.156. The lowest BCUT2D eigenvalue weighted by molar-refractivity contribution is -0.194. The Labute approximate surface area is 164 Å². The quantitative estimate of drug-likeness (QED) is 0.765. The van der Waals surface area contributed by atoms with Gasteiger partial charge in [0.15, 0.2) is 0 Å². The van der Waals surface area contributed by atoms with Gasteiger partial charge in [0.1, 0.15) is 11.3 Å². The minimum atomic E-state index is -1.33. The summed E-state index contributed by atoms with van der Waals surface area (Å²) >= 11 is 0. The Kier molecular flexibility index (Phi) is 5.35. The second-order valence-corrected chi connectivity index (χ2v) is 7.81. The largest absolute Gasteiger partial charge is 0.497 e. The number of ether oxygens (including phenoxy) is 2. The van der Waals surface area contributed by atoms with E-state index < -0.39 is 16.9 Å². The van der Waals surface area contributed by atoms with Gasteiger partial charge in [0.2, 0.25) is 5.91 Å². The van der Waals surface area contributed by atoms with Gasteiger partial charge in [0.25, 0.3) is 0 Å². The molecule has 1 aliphatic rings. The number of fused-ring (bicyclic) bond motifs is 1. The first kappa shape index (κ1) is 20.1. The molecule has 2 N–H and O–H groups in total. The van der Waals surface area contributed by atoms with Crippen molar-refractivity contribution >= 4 is 22.6 Å². The normalized spacial score (nSPS) is 23.1. The molecule has 1 saturated carbocycles. The molecule has 0 spiro atoms. The van der Waals surface area contributed by atoms with Crippen LogP contribution in [0.25, 0.3) is 10.8 Å². The van der Waals surface area contributed by atoms with Gasteiger partial charge in [0.05, 0.1) is 19.6 Å². The number of carbonyl (C=O) groups excluding carboxylic acids is 1. The molecule has 150 valence electrons. The average Bonchev–Trinajstić information content (AvgIpc) is 2.66. The monoisotopic (exact) mass is 385 g/mol. The zero-order chi connectivity index (χ0) is 20.5. The first-order valence-corrected chi connectivity index (χ1v) is 9.47. The second kappa shape index (κ2) is 7.43. The Morgan fingerprint density at radius 2 is 2.00 bits per heavy atom. The lowest BCUT2D eigenvalue weighted by Gasteiger charge is -2.58. The van der Waals surface area contributed by atoms with Crippen molar-refractivity contribution in [2.45, 2.75) is 45.3 Å². The van der Waals surface area contributed by atoms with E-state index in [0.29, 0.717) is 12.4 Å². The molecule has 6 nitrogen and oxygen atoms in total. The van der Waals surface area contributed by atoms with E-state index in [-0.39, 0.29) is 24.9 Å². The smallest absolute Gasteiger partial charge is 0.330 e. The van der Waals surface area contributed by atoms with Crippen LogP contribution in [-0.4, -0.2) is 42.3 Å². The van der Waals surface area contributed by atoms with Crippen LogP contribution in [0.2, 0.25) is 0 Å². The number of hydrogen-bond acceptors (Lipinski definition) is 4. The van der Waals surface area contributed by atoms with Crippen LogP contribution in [0.5, 0.6) is 5.75 Å². The van der Waals surface area contributed by atoms with Crippen LogP contribution in [0, 0.1) is 5.41 Å². The van der Waals surface area contributed by atoms with E-state index in [2.05, 4.69) is 5.32 Å². The van der Waals surface area contributed by atoms with Crippen LogP contribution in [-0.2, 0) is 20.7 Å². The van der Waals surface area contributed by atoms with Gasteiger partial charge in [-0.25, -0.2) is 4.79 Å². The third-order valence-corrected chi connectivity index (χ3v) is 6.01. The molecular weight excluding hydrogens is 358 g/mol. The molecule has 3 rings (SSSR count). The fourth-order valence-electron chi connectivity index (χ4n) is 4.09. The molecule has 2 atom stereocenters. The molecular formula is C22H27NO5. The van der Waals surface area contributed by atoms with Crippen molar-refractivity contribution < 1.29 is 24.2 Å². The third kappa shape index (κ3) is 3.22. The number of carboxylic acids is 1. The van der Waals surface area contributed by atoms with Crippen molar-refractivity contribution in [1.82, 2.24) is 5.32 Å². The van der Waals surface area contributed by atoms with Gasteiger partial charge in [-0.2, -0.15) is 0 Å². The van der Waals surface area contributed by atoms with Crippen LogP contribution in [0.4, 0.5) is 0 Å². The predicted octanol–water partition coefficient (Wildman–Crippen LogP) is 3.17. The maximum absolute atomic E-state index is 12.8.